The Morgan fingerprint density at radius 2 is 2.04 bits per heavy atom. The van der Waals surface area contributed by atoms with Crippen LogP contribution in [0.3, 0.4) is 0 Å². The maximum absolute atomic E-state index is 11.7. The van der Waals surface area contributed by atoms with E-state index in [1.807, 2.05) is 12.1 Å². The molecule has 136 valence electrons. The number of nitrogens with zero attached hydrogens (tertiary/aromatic N) is 1. The number of rotatable bonds is 10. The van der Waals surface area contributed by atoms with E-state index in [4.69, 9.17) is 14.3 Å². The van der Waals surface area contributed by atoms with Gasteiger partial charge in [0.05, 0.1) is 26.0 Å². The smallest absolute Gasteiger partial charge is 0.220 e. The van der Waals surface area contributed by atoms with E-state index in [0.29, 0.717) is 43.6 Å². The third kappa shape index (κ3) is 6.32. The van der Waals surface area contributed by atoms with Crippen molar-refractivity contribution in [3.05, 3.63) is 41.9 Å². The predicted molar refractivity (Wildman–Crippen MR) is 95.3 cm³/mol. The first kappa shape index (κ1) is 19.1. The summed E-state index contributed by atoms with van der Waals surface area (Å²) in [7, 11) is 0. The number of amides is 1. The Kier molecular flexibility index (Phi) is 7.63. The monoisotopic (exact) mass is 346 g/mol. The number of carbonyl (C=O) groups excluding carboxylic acids is 1. The fourth-order valence-corrected chi connectivity index (χ4v) is 2.33. The SMILES string of the molecule is CC(C)c1ccc(-c2cnc(CCC(=O)NCCOCCO)o2)cc1. The number of aryl methyl sites for hydroxylation is 1. The van der Waals surface area contributed by atoms with Gasteiger partial charge in [0.25, 0.3) is 0 Å². The highest BCUT2D eigenvalue weighted by Crippen LogP contribution is 2.23. The lowest BCUT2D eigenvalue weighted by Crippen LogP contribution is -2.27. The molecule has 2 N–H and O–H groups in total. The summed E-state index contributed by atoms with van der Waals surface area (Å²) in [5.41, 5.74) is 2.26. The second kappa shape index (κ2) is 9.96. The van der Waals surface area contributed by atoms with Gasteiger partial charge in [-0.15, -0.1) is 0 Å². The molecule has 0 aliphatic heterocycles. The minimum absolute atomic E-state index is 0.0133. The standard InChI is InChI=1S/C19H26N2O4/c1-14(2)15-3-5-16(6-4-15)17-13-21-19(25-17)8-7-18(23)20-9-11-24-12-10-22/h3-6,13-14,22H,7-12H2,1-2H3,(H,20,23). The Balaban J connectivity index is 1.78. The summed E-state index contributed by atoms with van der Waals surface area (Å²) in [6.45, 7) is 5.41. The molecular formula is C19H26N2O4. The van der Waals surface area contributed by atoms with E-state index in [9.17, 15) is 4.79 Å². The van der Waals surface area contributed by atoms with Crippen LogP contribution in [0.2, 0.25) is 0 Å². The first-order valence-corrected chi connectivity index (χ1v) is 8.60. The number of nitrogens with one attached hydrogen (secondary N) is 1. The van der Waals surface area contributed by atoms with E-state index >= 15 is 0 Å². The van der Waals surface area contributed by atoms with Gasteiger partial charge in [-0.05, 0) is 11.5 Å². The highest BCUT2D eigenvalue weighted by molar-refractivity contribution is 5.76. The van der Waals surface area contributed by atoms with Gasteiger partial charge in [-0.25, -0.2) is 4.98 Å². The Labute approximate surface area is 148 Å². The van der Waals surface area contributed by atoms with Gasteiger partial charge in [0.1, 0.15) is 0 Å². The number of aliphatic hydroxyl groups excluding tert-OH is 1. The minimum atomic E-state index is -0.0753. The molecule has 0 atom stereocenters. The summed E-state index contributed by atoms with van der Waals surface area (Å²) in [5, 5.41) is 11.3. The Bertz CT molecular complexity index is 650. The summed E-state index contributed by atoms with van der Waals surface area (Å²) in [6, 6.07) is 8.24. The molecule has 2 aromatic rings. The van der Waals surface area contributed by atoms with E-state index in [1.54, 1.807) is 6.20 Å². The fourth-order valence-electron chi connectivity index (χ4n) is 2.33. The number of oxazole rings is 1. The van der Waals surface area contributed by atoms with Crippen LogP contribution in [-0.4, -0.2) is 42.4 Å². The molecule has 6 heteroatoms. The molecule has 6 nitrogen and oxygen atoms in total. The van der Waals surface area contributed by atoms with Crippen molar-refractivity contribution in [3.8, 4) is 11.3 Å². The highest BCUT2D eigenvalue weighted by Gasteiger charge is 2.09. The average molecular weight is 346 g/mol. The van der Waals surface area contributed by atoms with Crippen LogP contribution in [-0.2, 0) is 16.0 Å². The van der Waals surface area contributed by atoms with Crippen LogP contribution in [0.4, 0.5) is 0 Å². The molecule has 0 fully saturated rings. The third-order valence-corrected chi connectivity index (χ3v) is 3.79. The molecule has 0 radical (unpaired) electrons. The van der Waals surface area contributed by atoms with Crippen molar-refractivity contribution in [1.82, 2.24) is 10.3 Å². The molecule has 1 aromatic carbocycles. The number of aliphatic hydroxyl groups is 1. The molecule has 0 bridgehead atoms. The van der Waals surface area contributed by atoms with Crippen LogP contribution in [0.5, 0.6) is 0 Å². The van der Waals surface area contributed by atoms with Crippen molar-refractivity contribution < 1.29 is 19.1 Å². The van der Waals surface area contributed by atoms with E-state index in [2.05, 4.69) is 36.3 Å². The Morgan fingerprint density at radius 3 is 2.72 bits per heavy atom. The van der Waals surface area contributed by atoms with Crippen molar-refractivity contribution in [2.75, 3.05) is 26.4 Å². The van der Waals surface area contributed by atoms with E-state index in [0.717, 1.165) is 5.56 Å². The van der Waals surface area contributed by atoms with Gasteiger partial charge < -0.3 is 19.6 Å². The van der Waals surface area contributed by atoms with Crippen LogP contribution >= 0.6 is 0 Å². The van der Waals surface area contributed by atoms with Gasteiger partial charge in [0.15, 0.2) is 11.7 Å². The maximum Gasteiger partial charge on any atom is 0.220 e. The zero-order valence-corrected chi connectivity index (χ0v) is 14.8. The van der Waals surface area contributed by atoms with Gasteiger partial charge in [0.2, 0.25) is 5.91 Å². The molecule has 0 spiro atoms. The van der Waals surface area contributed by atoms with Crippen LogP contribution in [0, 0.1) is 0 Å². The van der Waals surface area contributed by atoms with Gasteiger partial charge >= 0.3 is 0 Å². The third-order valence-electron chi connectivity index (χ3n) is 3.79. The summed E-state index contributed by atoms with van der Waals surface area (Å²) in [5.74, 6) is 1.68. The fraction of sp³-hybridized carbons (Fsp3) is 0.474. The molecular weight excluding hydrogens is 320 g/mol. The lowest BCUT2D eigenvalue weighted by molar-refractivity contribution is -0.121. The molecule has 1 amide bonds. The highest BCUT2D eigenvalue weighted by atomic mass is 16.5. The van der Waals surface area contributed by atoms with Gasteiger partial charge in [-0.2, -0.15) is 0 Å². The summed E-state index contributed by atoms with van der Waals surface area (Å²) in [6.07, 6.45) is 2.46. The predicted octanol–water partition coefficient (Wildman–Crippen LogP) is 2.52. The Hall–Kier alpha value is -2.18. The lowest BCUT2D eigenvalue weighted by Gasteiger charge is -2.05. The van der Waals surface area contributed by atoms with Crippen LogP contribution in [0.15, 0.2) is 34.9 Å². The Morgan fingerprint density at radius 1 is 1.28 bits per heavy atom. The molecule has 0 saturated heterocycles. The zero-order chi connectivity index (χ0) is 18.1. The maximum atomic E-state index is 11.7. The molecule has 0 saturated carbocycles. The van der Waals surface area contributed by atoms with Crippen molar-refractivity contribution in [2.45, 2.75) is 32.6 Å². The minimum Gasteiger partial charge on any atom is -0.441 e. The molecule has 1 heterocycles. The van der Waals surface area contributed by atoms with Crippen LogP contribution in [0.1, 0.15) is 37.6 Å². The van der Waals surface area contributed by atoms with E-state index in [-0.39, 0.29) is 19.1 Å². The second-order valence-electron chi connectivity index (χ2n) is 6.08. The topological polar surface area (TPSA) is 84.6 Å². The van der Waals surface area contributed by atoms with Crippen LogP contribution < -0.4 is 5.32 Å². The average Bonchev–Trinajstić information content (AvgIpc) is 3.09. The largest absolute Gasteiger partial charge is 0.441 e. The summed E-state index contributed by atoms with van der Waals surface area (Å²) >= 11 is 0. The van der Waals surface area contributed by atoms with Crippen molar-refractivity contribution >= 4 is 5.91 Å². The second-order valence-corrected chi connectivity index (χ2v) is 6.08. The number of carbonyl (C=O) groups is 1. The first-order valence-electron chi connectivity index (χ1n) is 8.60. The first-order chi connectivity index (χ1) is 12.1. The van der Waals surface area contributed by atoms with Gasteiger partial charge in [-0.3, -0.25) is 4.79 Å². The summed E-state index contributed by atoms with van der Waals surface area (Å²) < 4.78 is 10.8. The lowest BCUT2D eigenvalue weighted by atomic mass is 10.0. The molecule has 0 aliphatic carbocycles. The molecule has 25 heavy (non-hydrogen) atoms. The van der Waals surface area contributed by atoms with E-state index in [1.165, 1.54) is 5.56 Å². The number of benzene rings is 1. The van der Waals surface area contributed by atoms with Crippen molar-refractivity contribution in [1.29, 1.82) is 0 Å². The number of ether oxygens (including phenoxy) is 1. The van der Waals surface area contributed by atoms with Gasteiger partial charge in [0, 0.05) is 24.9 Å². The normalized spacial score (nSPS) is 11.0. The molecule has 1 aromatic heterocycles. The summed E-state index contributed by atoms with van der Waals surface area (Å²) in [4.78, 5) is 16.0. The molecule has 0 aliphatic rings. The number of hydrogen-bond acceptors (Lipinski definition) is 5. The zero-order valence-electron chi connectivity index (χ0n) is 14.8. The quantitative estimate of drug-likeness (QED) is 0.646. The van der Waals surface area contributed by atoms with Crippen molar-refractivity contribution in [2.24, 2.45) is 0 Å². The van der Waals surface area contributed by atoms with Crippen molar-refractivity contribution in [3.63, 3.8) is 0 Å². The number of hydrogen-bond donors (Lipinski definition) is 2. The van der Waals surface area contributed by atoms with Crippen LogP contribution in [0.25, 0.3) is 11.3 Å². The van der Waals surface area contributed by atoms with Gasteiger partial charge in [-0.1, -0.05) is 38.1 Å². The van der Waals surface area contributed by atoms with E-state index < -0.39 is 0 Å². The number of aromatic nitrogens is 1. The molecule has 2 rings (SSSR count). The molecule has 0 unspecified atom stereocenters.